The molecule has 7 nitrogen and oxygen atoms in total. The highest BCUT2D eigenvalue weighted by atomic mass is 32.1. The van der Waals surface area contributed by atoms with Gasteiger partial charge >= 0.3 is 0 Å². The highest BCUT2D eigenvalue weighted by Gasteiger charge is 2.45. The van der Waals surface area contributed by atoms with E-state index in [0.717, 1.165) is 11.4 Å². The van der Waals surface area contributed by atoms with Gasteiger partial charge in [-0.3, -0.25) is 9.59 Å². The second-order valence-electron chi connectivity index (χ2n) is 8.76. The summed E-state index contributed by atoms with van der Waals surface area (Å²) < 4.78 is 11.4. The third kappa shape index (κ3) is 4.77. The van der Waals surface area contributed by atoms with Crippen LogP contribution in [0.25, 0.3) is 0 Å². The van der Waals surface area contributed by atoms with Crippen molar-refractivity contribution in [3.63, 3.8) is 0 Å². The number of hydrogen-bond donors (Lipinski definition) is 1. The molecule has 178 valence electrons. The number of aliphatic hydroxyl groups excluding tert-OH is 1. The van der Waals surface area contributed by atoms with E-state index in [4.69, 9.17) is 9.15 Å². The van der Waals surface area contributed by atoms with Crippen LogP contribution in [0.1, 0.15) is 58.0 Å². The summed E-state index contributed by atoms with van der Waals surface area (Å²) in [5.74, 6) is 0.148. The number of rotatable bonds is 9. The lowest BCUT2D eigenvalue weighted by Gasteiger charge is -2.26. The van der Waals surface area contributed by atoms with Crippen LogP contribution in [0.2, 0.25) is 0 Å². The molecule has 0 saturated carbocycles. The summed E-state index contributed by atoms with van der Waals surface area (Å²) in [6, 6.07) is 10.0. The minimum atomic E-state index is -0.791. The largest absolute Gasteiger partial charge is 0.503 e. The molecule has 1 amide bonds. The Morgan fingerprint density at radius 1 is 1.26 bits per heavy atom. The first-order valence-corrected chi connectivity index (χ1v) is 12.1. The highest BCUT2D eigenvalue weighted by molar-refractivity contribution is 7.14. The second-order valence-corrected chi connectivity index (χ2v) is 9.96. The van der Waals surface area contributed by atoms with Gasteiger partial charge in [-0.2, -0.15) is 0 Å². The van der Waals surface area contributed by atoms with Crippen molar-refractivity contribution in [2.24, 2.45) is 5.92 Å². The van der Waals surface area contributed by atoms with Crippen molar-refractivity contribution >= 4 is 23.0 Å². The van der Waals surface area contributed by atoms with Crippen LogP contribution >= 0.6 is 11.3 Å². The Balaban J connectivity index is 1.74. The minimum absolute atomic E-state index is 0.0441. The van der Waals surface area contributed by atoms with Crippen molar-refractivity contribution in [1.82, 2.24) is 9.88 Å². The molecule has 8 heteroatoms. The zero-order valence-electron chi connectivity index (χ0n) is 19.7. The summed E-state index contributed by atoms with van der Waals surface area (Å²) in [5, 5.41) is 11.6. The van der Waals surface area contributed by atoms with Crippen LogP contribution in [0.5, 0.6) is 5.75 Å². The van der Waals surface area contributed by atoms with E-state index in [-0.39, 0.29) is 12.1 Å². The van der Waals surface area contributed by atoms with Gasteiger partial charge in [-0.1, -0.05) is 26.0 Å². The van der Waals surface area contributed by atoms with E-state index in [1.165, 1.54) is 22.5 Å². The van der Waals surface area contributed by atoms with Gasteiger partial charge in [0.1, 0.15) is 11.5 Å². The SMILES string of the molecule is Cc1nc(C)c(C(=O)C2=C(O)C(=O)N(Cc3ccco3)C2c2cccc(OCCC(C)C)c2)s1. The molecule has 3 aromatic rings. The van der Waals surface area contributed by atoms with E-state index in [2.05, 4.69) is 18.8 Å². The minimum Gasteiger partial charge on any atom is -0.503 e. The topological polar surface area (TPSA) is 92.9 Å². The molecular weight excluding hydrogens is 452 g/mol. The van der Waals surface area contributed by atoms with Gasteiger partial charge in [-0.15, -0.1) is 11.3 Å². The van der Waals surface area contributed by atoms with E-state index >= 15 is 0 Å². The molecule has 3 heterocycles. The second kappa shape index (κ2) is 9.85. The van der Waals surface area contributed by atoms with E-state index in [0.29, 0.717) is 40.2 Å². The Labute approximate surface area is 202 Å². The molecule has 0 fully saturated rings. The van der Waals surface area contributed by atoms with E-state index in [1.807, 2.05) is 31.2 Å². The van der Waals surface area contributed by atoms with Crippen LogP contribution in [-0.4, -0.2) is 33.3 Å². The van der Waals surface area contributed by atoms with Gasteiger partial charge < -0.3 is 19.2 Å². The summed E-state index contributed by atoms with van der Waals surface area (Å²) >= 11 is 1.25. The van der Waals surface area contributed by atoms with Crippen LogP contribution in [0.3, 0.4) is 0 Å². The molecule has 1 unspecified atom stereocenters. The number of aliphatic hydroxyl groups is 1. The first-order valence-electron chi connectivity index (χ1n) is 11.2. The first-order chi connectivity index (χ1) is 16.3. The zero-order chi connectivity index (χ0) is 24.4. The maximum Gasteiger partial charge on any atom is 0.290 e. The Morgan fingerprint density at radius 2 is 2.06 bits per heavy atom. The van der Waals surface area contributed by atoms with Gasteiger partial charge in [-0.25, -0.2) is 4.98 Å². The Hall–Kier alpha value is -3.39. The number of amides is 1. The molecule has 1 aliphatic heterocycles. The number of nitrogens with zero attached hydrogens (tertiary/aromatic N) is 2. The fourth-order valence-electron chi connectivity index (χ4n) is 4.02. The first kappa shape index (κ1) is 23.8. The van der Waals surface area contributed by atoms with Crippen LogP contribution in [0.4, 0.5) is 0 Å². The van der Waals surface area contributed by atoms with Crippen molar-refractivity contribution < 1.29 is 23.8 Å². The molecule has 0 aliphatic carbocycles. The molecular formula is C26H28N2O5S. The Bertz CT molecular complexity index is 1230. The third-order valence-corrected chi connectivity index (χ3v) is 6.77. The van der Waals surface area contributed by atoms with Gasteiger partial charge in [0.2, 0.25) is 5.78 Å². The Kier molecular flexibility index (Phi) is 6.88. The summed E-state index contributed by atoms with van der Waals surface area (Å²) in [6.07, 6.45) is 2.43. The molecule has 1 N–H and O–H groups in total. The average molecular weight is 481 g/mol. The molecule has 0 radical (unpaired) electrons. The highest BCUT2D eigenvalue weighted by Crippen LogP contribution is 2.41. The normalized spacial score (nSPS) is 16.1. The van der Waals surface area contributed by atoms with Crippen molar-refractivity contribution in [2.75, 3.05) is 6.61 Å². The number of carbonyl (C=O) groups excluding carboxylic acids is 2. The maximum absolute atomic E-state index is 13.6. The number of ether oxygens (including phenoxy) is 1. The third-order valence-electron chi connectivity index (χ3n) is 5.70. The number of thiazole rings is 1. The number of Topliss-reactive ketones (excluding diaryl/α,β-unsaturated/α-hetero) is 1. The molecule has 0 saturated heterocycles. The smallest absolute Gasteiger partial charge is 0.290 e. The van der Waals surface area contributed by atoms with Crippen LogP contribution in [0, 0.1) is 19.8 Å². The van der Waals surface area contributed by atoms with Crippen LogP contribution in [0.15, 0.2) is 58.4 Å². The van der Waals surface area contributed by atoms with Gasteiger partial charge in [-0.05, 0) is 56.0 Å². The molecule has 4 rings (SSSR count). The molecule has 34 heavy (non-hydrogen) atoms. The zero-order valence-corrected chi connectivity index (χ0v) is 20.5. The molecule has 2 aromatic heterocycles. The van der Waals surface area contributed by atoms with E-state index in [1.54, 1.807) is 19.1 Å². The number of furan rings is 1. The Morgan fingerprint density at radius 3 is 2.71 bits per heavy atom. The summed E-state index contributed by atoms with van der Waals surface area (Å²) in [4.78, 5) is 33.0. The maximum atomic E-state index is 13.6. The fraction of sp³-hybridized carbons (Fsp3) is 0.346. The van der Waals surface area contributed by atoms with Crippen LogP contribution < -0.4 is 4.74 Å². The lowest BCUT2D eigenvalue weighted by molar-refractivity contribution is -0.130. The fourth-order valence-corrected chi connectivity index (χ4v) is 4.89. The number of carbonyl (C=O) groups is 2. The lowest BCUT2D eigenvalue weighted by Crippen LogP contribution is -2.30. The van der Waals surface area contributed by atoms with E-state index < -0.39 is 23.5 Å². The van der Waals surface area contributed by atoms with Gasteiger partial charge in [0.15, 0.2) is 5.76 Å². The number of benzene rings is 1. The molecule has 1 aromatic carbocycles. The number of aromatic nitrogens is 1. The van der Waals surface area contributed by atoms with Gasteiger partial charge in [0, 0.05) is 0 Å². The van der Waals surface area contributed by atoms with Crippen LogP contribution in [-0.2, 0) is 11.3 Å². The van der Waals surface area contributed by atoms with Crippen molar-refractivity contribution in [3.05, 3.63) is 80.9 Å². The summed E-state index contributed by atoms with van der Waals surface area (Å²) in [7, 11) is 0. The average Bonchev–Trinajstić information content (AvgIpc) is 3.48. The summed E-state index contributed by atoms with van der Waals surface area (Å²) in [5.41, 5.74) is 1.30. The number of aryl methyl sites for hydroxylation is 2. The predicted molar refractivity (Wildman–Crippen MR) is 129 cm³/mol. The standard InChI is InChI=1S/C26H28N2O5S/c1-15(2)10-12-33-19-8-5-7-18(13-19)22-21(23(29)25-16(3)27-17(4)34-25)24(30)26(31)28(22)14-20-9-6-11-32-20/h5-9,11,13,15,22,30H,10,12,14H2,1-4H3. The molecule has 1 aliphatic rings. The predicted octanol–water partition coefficient (Wildman–Crippen LogP) is 5.56. The van der Waals surface area contributed by atoms with Gasteiger partial charge in [0.05, 0.1) is 46.6 Å². The van der Waals surface area contributed by atoms with Gasteiger partial charge in [0.25, 0.3) is 5.91 Å². The van der Waals surface area contributed by atoms with Crippen molar-refractivity contribution in [2.45, 2.75) is 46.7 Å². The quantitative estimate of drug-likeness (QED) is 0.403. The number of ketones is 1. The monoisotopic (exact) mass is 480 g/mol. The number of hydrogen-bond acceptors (Lipinski definition) is 7. The van der Waals surface area contributed by atoms with E-state index in [9.17, 15) is 14.7 Å². The van der Waals surface area contributed by atoms with Crippen molar-refractivity contribution in [3.8, 4) is 5.75 Å². The molecule has 1 atom stereocenters. The lowest BCUT2D eigenvalue weighted by atomic mass is 9.95. The van der Waals surface area contributed by atoms with Crippen molar-refractivity contribution in [1.29, 1.82) is 0 Å². The molecule has 0 bridgehead atoms. The summed E-state index contributed by atoms with van der Waals surface area (Å²) in [6.45, 7) is 8.50. The molecule has 0 spiro atoms.